The number of hydrogen-bond donors (Lipinski definition) is 1. The number of nitrogens with one attached hydrogen (secondary N) is 1. The lowest BCUT2D eigenvalue weighted by Gasteiger charge is -2.19. The molecule has 1 N–H and O–H groups in total. The first kappa shape index (κ1) is 17.1. The minimum absolute atomic E-state index is 0.0440. The van der Waals surface area contributed by atoms with Gasteiger partial charge in [-0.15, -0.1) is 0 Å². The van der Waals surface area contributed by atoms with Gasteiger partial charge in [0.2, 0.25) is 0 Å². The molecule has 1 amide bonds. The summed E-state index contributed by atoms with van der Waals surface area (Å²) in [5.41, 5.74) is 3.56. The van der Waals surface area contributed by atoms with Crippen LogP contribution in [0.4, 0.5) is 0 Å². The van der Waals surface area contributed by atoms with E-state index in [2.05, 4.69) is 36.5 Å². The summed E-state index contributed by atoms with van der Waals surface area (Å²) in [6.45, 7) is 7.90. The SMILES string of the molecule is CCc1ccc([C@@H](C)NC(=O)[C@@H](C)Oc2ccc(C)cc2)cc1. The maximum Gasteiger partial charge on any atom is 0.261 e. The zero-order chi connectivity index (χ0) is 16.8. The Morgan fingerprint density at radius 2 is 1.65 bits per heavy atom. The summed E-state index contributed by atoms with van der Waals surface area (Å²) in [6.07, 6.45) is 0.484. The largest absolute Gasteiger partial charge is 0.481 e. The number of aryl methyl sites for hydroxylation is 2. The van der Waals surface area contributed by atoms with E-state index >= 15 is 0 Å². The average Bonchev–Trinajstić information content (AvgIpc) is 2.56. The molecule has 0 saturated heterocycles. The first-order valence-electron chi connectivity index (χ1n) is 8.12. The third-order valence-corrected chi connectivity index (χ3v) is 3.95. The van der Waals surface area contributed by atoms with E-state index in [1.54, 1.807) is 6.92 Å². The van der Waals surface area contributed by atoms with Gasteiger partial charge in [-0.25, -0.2) is 0 Å². The molecule has 0 spiro atoms. The van der Waals surface area contributed by atoms with Crippen LogP contribution in [0, 0.1) is 6.92 Å². The van der Waals surface area contributed by atoms with Crippen molar-refractivity contribution in [2.24, 2.45) is 0 Å². The second kappa shape index (κ2) is 7.82. The van der Waals surface area contributed by atoms with Gasteiger partial charge in [0.15, 0.2) is 6.10 Å². The van der Waals surface area contributed by atoms with E-state index in [-0.39, 0.29) is 11.9 Å². The topological polar surface area (TPSA) is 38.3 Å². The molecule has 0 radical (unpaired) electrons. The molecule has 2 rings (SSSR count). The molecular formula is C20H25NO2. The second-order valence-electron chi connectivity index (χ2n) is 5.90. The van der Waals surface area contributed by atoms with Gasteiger partial charge in [-0.1, -0.05) is 48.9 Å². The van der Waals surface area contributed by atoms with Gasteiger partial charge in [0, 0.05) is 0 Å². The Hall–Kier alpha value is -2.29. The third kappa shape index (κ3) is 4.85. The molecule has 0 fully saturated rings. The first-order chi connectivity index (χ1) is 11.0. The lowest BCUT2D eigenvalue weighted by atomic mass is 10.0. The van der Waals surface area contributed by atoms with Gasteiger partial charge < -0.3 is 10.1 Å². The van der Waals surface area contributed by atoms with E-state index in [9.17, 15) is 4.79 Å². The van der Waals surface area contributed by atoms with Crippen molar-refractivity contribution in [3.05, 3.63) is 65.2 Å². The molecule has 2 aromatic rings. The highest BCUT2D eigenvalue weighted by Crippen LogP contribution is 2.16. The van der Waals surface area contributed by atoms with Crippen LogP contribution in [-0.4, -0.2) is 12.0 Å². The summed E-state index contributed by atoms with van der Waals surface area (Å²) in [5, 5.41) is 3.00. The van der Waals surface area contributed by atoms with Crippen LogP contribution in [0.25, 0.3) is 0 Å². The van der Waals surface area contributed by atoms with Crippen molar-refractivity contribution in [3.8, 4) is 5.75 Å². The van der Waals surface area contributed by atoms with Crippen LogP contribution < -0.4 is 10.1 Å². The predicted octanol–water partition coefficient (Wildman–Crippen LogP) is 4.20. The molecule has 2 aromatic carbocycles. The van der Waals surface area contributed by atoms with Crippen molar-refractivity contribution < 1.29 is 9.53 Å². The number of amides is 1. The molecule has 0 heterocycles. The van der Waals surface area contributed by atoms with E-state index < -0.39 is 6.10 Å². The summed E-state index contributed by atoms with van der Waals surface area (Å²) in [4.78, 5) is 12.3. The van der Waals surface area contributed by atoms with Crippen molar-refractivity contribution in [1.82, 2.24) is 5.32 Å². The van der Waals surface area contributed by atoms with Crippen molar-refractivity contribution in [3.63, 3.8) is 0 Å². The van der Waals surface area contributed by atoms with Crippen LogP contribution in [0.1, 0.15) is 43.5 Å². The number of carbonyl (C=O) groups is 1. The summed E-state index contributed by atoms with van der Waals surface area (Å²) in [7, 11) is 0. The standard InChI is InChI=1S/C20H25NO2/c1-5-17-8-10-18(11-9-17)15(3)21-20(22)16(4)23-19-12-6-14(2)7-13-19/h6-13,15-16H,5H2,1-4H3,(H,21,22)/t15-,16-/m1/s1. The number of rotatable bonds is 6. The Kier molecular flexibility index (Phi) is 5.80. The number of hydrogen-bond acceptors (Lipinski definition) is 2. The Balaban J connectivity index is 1.92. The highest BCUT2D eigenvalue weighted by atomic mass is 16.5. The van der Waals surface area contributed by atoms with Gasteiger partial charge >= 0.3 is 0 Å². The van der Waals surface area contributed by atoms with Crippen LogP contribution in [0.15, 0.2) is 48.5 Å². The molecule has 0 unspecified atom stereocenters. The van der Waals surface area contributed by atoms with E-state index in [1.807, 2.05) is 38.1 Å². The fourth-order valence-electron chi connectivity index (χ4n) is 2.33. The van der Waals surface area contributed by atoms with Gasteiger partial charge in [0.05, 0.1) is 6.04 Å². The third-order valence-electron chi connectivity index (χ3n) is 3.95. The lowest BCUT2D eigenvalue weighted by molar-refractivity contribution is -0.127. The molecule has 23 heavy (non-hydrogen) atoms. The summed E-state index contributed by atoms with van der Waals surface area (Å²) >= 11 is 0. The maximum absolute atomic E-state index is 12.3. The minimum Gasteiger partial charge on any atom is -0.481 e. The zero-order valence-corrected chi connectivity index (χ0v) is 14.3. The lowest BCUT2D eigenvalue weighted by Crippen LogP contribution is -2.37. The summed E-state index contributed by atoms with van der Waals surface area (Å²) < 4.78 is 5.69. The van der Waals surface area contributed by atoms with Gasteiger partial charge in [-0.3, -0.25) is 4.79 Å². The van der Waals surface area contributed by atoms with Crippen molar-refractivity contribution >= 4 is 5.91 Å². The van der Waals surface area contributed by atoms with Crippen LogP contribution in [-0.2, 0) is 11.2 Å². The highest BCUT2D eigenvalue weighted by molar-refractivity contribution is 5.81. The number of carbonyl (C=O) groups excluding carboxylic acids is 1. The molecule has 3 heteroatoms. The Morgan fingerprint density at radius 1 is 1.04 bits per heavy atom. The molecular weight excluding hydrogens is 286 g/mol. The molecule has 0 saturated carbocycles. The van der Waals surface area contributed by atoms with Gasteiger partial charge in [0.25, 0.3) is 5.91 Å². The Labute approximate surface area is 138 Å². The zero-order valence-electron chi connectivity index (χ0n) is 14.3. The molecule has 122 valence electrons. The van der Waals surface area contributed by atoms with E-state index in [0.717, 1.165) is 12.0 Å². The monoisotopic (exact) mass is 311 g/mol. The van der Waals surface area contributed by atoms with Crippen LogP contribution >= 0.6 is 0 Å². The molecule has 2 atom stereocenters. The molecule has 0 aliphatic rings. The fourth-order valence-corrected chi connectivity index (χ4v) is 2.33. The van der Waals surface area contributed by atoms with Gasteiger partial charge in [-0.05, 0) is 50.5 Å². The molecule has 0 aromatic heterocycles. The Bertz CT molecular complexity index is 632. The van der Waals surface area contributed by atoms with E-state index in [0.29, 0.717) is 5.75 Å². The van der Waals surface area contributed by atoms with E-state index in [4.69, 9.17) is 4.74 Å². The second-order valence-corrected chi connectivity index (χ2v) is 5.90. The summed E-state index contributed by atoms with van der Waals surface area (Å²) in [5.74, 6) is 0.593. The van der Waals surface area contributed by atoms with Crippen molar-refractivity contribution in [1.29, 1.82) is 0 Å². The smallest absolute Gasteiger partial charge is 0.261 e. The first-order valence-corrected chi connectivity index (χ1v) is 8.12. The van der Waals surface area contributed by atoms with Crippen LogP contribution in [0.2, 0.25) is 0 Å². The van der Waals surface area contributed by atoms with Crippen molar-refractivity contribution in [2.75, 3.05) is 0 Å². The quantitative estimate of drug-likeness (QED) is 0.868. The number of ether oxygens (including phenoxy) is 1. The normalized spacial score (nSPS) is 13.2. The minimum atomic E-state index is -0.532. The number of benzene rings is 2. The van der Waals surface area contributed by atoms with Crippen LogP contribution in [0.3, 0.4) is 0 Å². The van der Waals surface area contributed by atoms with E-state index in [1.165, 1.54) is 11.1 Å². The highest BCUT2D eigenvalue weighted by Gasteiger charge is 2.17. The average molecular weight is 311 g/mol. The predicted molar refractivity (Wildman–Crippen MR) is 93.6 cm³/mol. The maximum atomic E-state index is 12.3. The van der Waals surface area contributed by atoms with Gasteiger partial charge in [-0.2, -0.15) is 0 Å². The molecule has 0 bridgehead atoms. The molecule has 0 aliphatic carbocycles. The van der Waals surface area contributed by atoms with Crippen LogP contribution in [0.5, 0.6) is 5.75 Å². The van der Waals surface area contributed by atoms with Crippen molar-refractivity contribution in [2.45, 2.75) is 46.3 Å². The summed E-state index contributed by atoms with van der Waals surface area (Å²) in [6, 6.07) is 16.0. The Morgan fingerprint density at radius 3 is 2.22 bits per heavy atom. The fraction of sp³-hybridized carbons (Fsp3) is 0.350. The van der Waals surface area contributed by atoms with Gasteiger partial charge in [0.1, 0.15) is 5.75 Å². The molecule has 3 nitrogen and oxygen atoms in total. The molecule has 0 aliphatic heterocycles.